The zero-order chi connectivity index (χ0) is 19.3. The molecule has 3 rings (SSSR count). The molecule has 0 radical (unpaired) electrons. The van der Waals surface area contributed by atoms with Crippen molar-refractivity contribution in [2.75, 3.05) is 33.0 Å². The van der Waals surface area contributed by atoms with Gasteiger partial charge in [-0.15, -0.1) is 0 Å². The van der Waals surface area contributed by atoms with Gasteiger partial charge in [0, 0.05) is 6.07 Å². The van der Waals surface area contributed by atoms with Gasteiger partial charge in [0.15, 0.2) is 18.6 Å². The summed E-state index contributed by atoms with van der Waals surface area (Å²) < 4.78 is 58.2. The van der Waals surface area contributed by atoms with Crippen LogP contribution in [0.3, 0.4) is 0 Å². The molecule has 0 saturated carbocycles. The first kappa shape index (κ1) is 19.2. The Bertz CT molecular complexity index is 746. The summed E-state index contributed by atoms with van der Waals surface area (Å²) in [5.41, 5.74) is 1.20. The van der Waals surface area contributed by atoms with E-state index in [1.165, 1.54) is 24.5 Å². The van der Waals surface area contributed by atoms with Crippen LogP contribution in [-0.4, -0.2) is 45.3 Å². The van der Waals surface area contributed by atoms with Crippen molar-refractivity contribution in [2.45, 2.75) is 12.3 Å². The third-order valence-electron chi connectivity index (χ3n) is 3.73. The Kier molecular flexibility index (Phi) is 6.02. The number of alkyl halides is 3. The van der Waals surface area contributed by atoms with E-state index in [0.717, 1.165) is 0 Å². The van der Waals surface area contributed by atoms with Gasteiger partial charge in [-0.05, 0) is 17.7 Å². The summed E-state index contributed by atoms with van der Waals surface area (Å²) in [7, 11) is 0. The minimum Gasteiger partial charge on any atom is -0.619 e. The van der Waals surface area contributed by atoms with Gasteiger partial charge >= 0.3 is 6.18 Å². The van der Waals surface area contributed by atoms with Crippen LogP contribution in [-0.2, 0) is 9.47 Å². The molecule has 1 aromatic heterocycles. The SMILES string of the molecule is [O-][n+]1cc(OCC2COCCO2)cc(-c2ccc(OCC(F)(F)F)cc2)c1. The predicted octanol–water partition coefficient (Wildman–Crippen LogP) is 2.72. The van der Waals surface area contributed by atoms with Crippen molar-refractivity contribution in [3.05, 3.63) is 47.9 Å². The maximum atomic E-state index is 12.2. The number of hydrogen-bond acceptors (Lipinski definition) is 5. The van der Waals surface area contributed by atoms with E-state index in [1.807, 2.05) is 0 Å². The number of hydrogen-bond donors (Lipinski definition) is 0. The third kappa shape index (κ3) is 6.00. The Morgan fingerprint density at radius 3 is 2.48 bits per heavy atom. The molecule has 1 aliphatic rings. The molecule has 0 aliphatic carbocycles. The number of nitrogens with zero attached hydrogens (tertiary/aromatic N) is 1. The Morgan fingerprint density at radius 2 is 1.81 bits per heavy atom. The highest BCUT2D eigenvalue weighted by molar-refractivity contribution is 5.63. The van der Waals surface area contributed by atoms with Crippen molar-refractivity contribution in [1.82, 2.24) is 0 Å². The van der Waals surface area contributed by atoms with E-state index in [2.05, 4.69) is 4.74 Å². The fourth-order valence-corrected chi connectivity index (χ4v) is 2.50. The Hall–Kier alpha value is -2.52. The molecule has 1 saturated heterocycles. The number of halogens is 3. The molecule has 9 heteroatoms. The maximum Gasteiger partial charge on any atom is 0.422 e. The standard InChI is InChI=1S/C18H18F3NO5/c19-18(20,21)12-27-15-3-1-13(2-4-15)14-7-16(9-22(23)8-14)26-11-17-10-24-5-6-25-17/h1-4,7-9,17H,5-6,10-12H2. The van der Waals surface area contributed by atoms with Gasteiger partial charge in [-0.25, -0.2) is 0 Å². The smallest absolute Gasteiger partial charge is 0.422 e. The first-order valence-electron chi connectivity index (χ1n) is 8.25. The second kappa shape index (κ2) is 8.45. The van der Waals surface area contributed by atoms with Gasteiger partial charge in [-0.1, -0.05) is 12.1 Å². The molecular weight excluding hydrogens is 367 g/mol. The van der Waals surface area contributed by atoms with Crippen LogP contribution in [0, 0.1) is 5.21 Å². The zero-order valence-corrected chi connectivity index (χ0v) is 14.3. The molecule has 1 unspecified atom stereocenters. The highest BCUT2D eigenvalue weighted by atomic mass is 19.4. The van der Waals surface area contributed by atoms with Crippen molar-refractivity contribution in [2.24, 2.45) is 0 Å². The van der Waals surface area contributed by atoms with Gasteiger partial charge in [0.05, 0.1) is 25.4 Å². The van der Waals surface area contributed by atoms with Crippen molar-refractivity contribution in [3.63, 3.8) is 0 Å². The Morgan fingerprint density at radius 1 is 1.04 bits per heavy atom. The third-order valence-corrected chi connectivity index (χ3v) is 3.73. The van der Waals surface area contributed by atoms with Gasteiger partial charge in [0.25, 0.3) is 0 Å². The highest BCUT2D eigenvalue weighted by Gasteiger charge is 2.28. The van der Waals surface area contributed by atoms with Gasteiger partial charge in [-0.2, -0.15) is 17.9 Å². The molecule has 27 heavy (non-hydrogen) atoms. The van der Waals surface area contributed by atoms with Crippen LogP contribution < -0.4 is 14.2 Å². The summed E-state index contributed by atoms with van der Waals surface area (Å²) in [4.78, 5) is 0. The average molecular weight is 385 g/mol. The molecule has 0 amide bonds. The number of aromatic nitrogens is 1. The molecule has 1 aromatic carbocycles. The maximum absolute atomic E-state index is 12.2. The molecule has 0 bridgehead atoms. The molecule has 1 atom stereocenters. The van der Waals surface area contributed by atoms with Crippen molar-refractivity contribution in [3.8, 4) is 22.6 Å². The van der Waals surface area contributed by atoms with E-state index in [1.54, 1.807) is 18.2 Å². The topological polar surface area (TPSA) is 63.9 Å². The molecule has 146 valence electrons. The molecule has 6 nitrogen and oxygen atoms in total. The van der Waals surface area contributed by atoms with E-state index in [0.29, 0.717) is 41.4 Å². The lowest BCUT2D eigenvalue weighted by atomic mass is 10.1. The summed E-state index contributed by atoms with van der Waals surface area (Å²) in [6.45, 7) is 0.362. The second-order valence-corrected chi connectivity index (χ2v) is 5.93. The zero-order valence-electron chi connectivity index (χ0n) is 14.3. The molecule has 2 heterocycles. The van der Waals surface area contributed by atoms with Crippen LogP contribution >= 0.6 is 0 Å². The van der Waals surface area contributed by atoms with E-state index < -0.39 is 12.8 Å². The Balaban J connectivity index is 1.66. The summed E-state index contributed by atoms with van der Waals surface area (Å²) in [5, 5.41) is 11.8. The van der Waals surface area contributed by atoms with Gasteiger partial charge in [0.2, 0.25) is 6.20 Å². The monoisotopic (exact) mass is 385 g/mol. The summed E-state index contributed by atoms with van der Waals surface area (Å²) in [5.74, 6) is 0.446. The molecule has 2 aromatic rings. The first-order chi connectivity index (χ1) is 12.9. The van der Waals surface area contributed by atoms with Crippen LogP contribution in [0.15, 0.2) is 42.7 Å². The Labute approximate surface area is 153 Å². The molecule has 1 aliphatic heterocycles. The van der Waals surface area contributed by atoms with Crippen LogP contribution in [0.4, 0.5) is 13.2 Å². The minimum absolute atomic E-state index is 0.0907. The van der Waals surface area contributed by atoms with Crippen molar-refractivity contribution < 1.29 is 36.8 Å². The van der Waals surface area contributed by atoms with Crippen molar-refractivity contribution >= 4 is 0 Å². The number of pyridine rings is 1. The van der Waals surface area contributed by atoms with E-state index in [9.17, 15) is 18.4 Å². The lowest BCUT2D eigenvalue weighted by Gasteiger charge is -2.22. The van der Waals surface area contributed by atoms with E-state index in [4.69, 9.17) is 14.2 Å². The van der Waals surface area contributed by atoms with E-state index >= 15 is 0 Å². The minimum atomic E-state index is -4.40. The fourth-order valence-electron chi connectivity index (χ4n) is 2.50. The largest absolute Gasteiger partial charge is 0.619 e. The van der Waals surface area contributed by atoms with Crippen molar-refractivity contribution in [1.29, 1.82) is 0 Å². The normalized spacial score (nSPS) is 17.5. The predicted molar refractivity (Wildman–Crippen MR) is 88.4 cm³/mol. The molecule has 0 spiro atoms. The highest BCUT2D eigenvalue weighted by Crippen LogP contribution is 2.25. The number of rotatable bonds is 6. The number of benzene rings is 1. The molecule has 0 N–H and O–H groups in total. The molecular formula is C18H18F3NO5. The average Bonchev–Trinajstić information content (AvgIpc) is 2.65. The quantitative estimate of drug-likeness (QED) is 0.565. The summed E-state index contributed by atoms with van der Waals surface area (Å²) >= 11 is 0. The first-order valence-corrected chi connectivity index (χ1v) is 8.25. The lowest BCUT2D eigenvalue weighted by molar-refractivity contribution is -0.605. The van der Waals surface area contributed by atoms with Gasteiger partial charge < -0.3 is 24.2 Å². The van der Waals surface area contributed by atoms with Gasteiger partial charge in [-0.3, -0.25) is 0 Å². The van der Waals surface area contributed by atoms with Gasteiger partial charge in [0.1, 0.15) is 18.5 Å². The van der Waals surface area contributed by atoms with Crippen LogP contribution in [0.5, 0.6) is 11.5 Å². The summed E-state index contributed by atoms with van der Waals surface area (Å²) in [6, 6.07) is 7.64. The van der Waals surface area contributed by atoms with Crippen LogP contribution in [0.1, 0.15) is 0 Å². The summed E-state index contributed by atoms with van der Waals surface area (Å²) in [6.07, 6.45) is -1.97. The number of ether oxygens (including phenoxy) is 4. The van der Waals surface area contributed by atoms with E-state index in [-0.39, 0.29) is 18.5 Å². The van der Waals surface area contributed by atoms with Crippen LogP contribution in [0.2, 0.25) is 0 Å². The molecule has 1 fully saturated rings. The fraction of sp³-hybridized carbons (Fsp3) is 0.389. The second-order valence-electron chi connectivity index (χ2n) is 5.93. The lowest BCUT2D eigenvalue weighted by Crippen LogP contribution is -2.34. The van der Waals surface area contributed by atoms with Crippen LogP contribution in [0.25, 0.3) is 11.1 Å².